The van der Waals surface area contributed by atoms with E-state index in [9.17, 15) is 28.8 Å². The van der Waals surface area contributed by atoms with Crippen LogP contribution in [-0.4, -0.2) is 87.4 Å². The Balaban J connectivity index is 2.82. The van der Waals surface area contributed by atoms with E-state index >= 15 is 0 Å². The summed E-state index contributed by atoms with van der Waals surface area (Å²) in [5.41, 5.74) is 0. The van der Waals surface area contributed by atoms with Crippen molar-refractivity contribution in [1.29, 1.82) is 0 Å². The van der Waals surface area contributed by atoms with Gasteiger partial charge in [-0.25, -0.2) is 4.79 Å². The van der Waals surface area contributed by atoms with Crippen molar-refractivity contribution in [1.82, 2.24) is 21.3 Å². The van der Waals surface area contributed by atoms with Crippen LogP contribution in [-0.2, 0) is 28.8 Å². The van der Waals surface area contributed by atoms with Crippen molar-refractivity contribution in [2.75, 3.05) is 12.3 Å². The van der Waals surface area contributed by atoms with E-state index in [1.54, 1.807) is 0 Å². The molecule has 0 aromatic rings. The molecule has 1 fully saturated rings. The summed E-state index contributed by atoms with van der Waals surface area (Å²) in [6.07, 6.45) is -0.471. The van der Waals surface area contributed by atoms with Crippen LogP contribution >= 0.6 is 12.6 Å². The Kier molecular flexibility index (Phi) is 10.0. The number of hydrogen-bond donors (Lipinski definition) is 8. The molecular weight excluding hydrogens is 424 g/mol. The van der Waals surface area contributed by atoms with E-state index in [0.717, 1.165) is 6.42 Å². The van der Waals surface area contributed by atoms with Crippen molar-refractivity contribution in [3.8, 4) is 0 Å². The molecule has 0 aliphatic carbocycles. The number of carbonyl (C=O) groups is 6. The fraction of sp³-hybridized carbons (Fsp3) is 0.625. The molecule has 0 bridgehead atoms. The zero-order chi connectivity index (χ0) is 22.8. The third-order valence-electron chi connectivity index (χ3n) is 4.20. The highest BCUT2D eigenvalue weighted by molar-refractivity contribution is 7.80. The van der Waals surface area contributed by atoms with Crippen molar-refractivity contribution >= 4 is 48.3 Å². The lowest BCUT2D eigenvalue weighted by Crippen LogP contribution is -2.58. The van der Waals surface area contributed by atoms with Crippen LogP contribution in [0.15, 0.2) is 0 Å². The van der Waals surface area contributed by atoms with E-state index in [2.05, 4.69) is 28.6 Å². The summed E-state index contributed by atoms with van der Waals surface area (Å²) in [6.45, 7) is 0.651. The molecule has 30 heavy (non-hydrogen) atoms. The Morgan fingerprint density at radius 3 is 1.87 bits per heavy atom. The smallest absolute Gasteiger partial charge is 0.326 e. The highest BCUT2D eigenvalue weighted by Gasteiger charge is 2.32. The third-order valence-corrected chi connectivity index (χ3v) is 4.56. The Morgan fingerprint density at radius 1 is 0.867 bits per heavy atom. The van der Waals surface area contributed by atoms with Gasteiger partial charge in [0.2, 0.25) is 17.7 Å². The first-order chi connectivity index (χ1) is 14.0. The van der Waals surface area contributed by atoms with E-state index < -0.39 is 72.6 Å². The predicted octanol–water partition coefficient (Wildman–Crippen LogP) is -2.84. The Morgan fingerprint density at radius 2 is 1.40 bits per heavy atom. The topological polar surface area (TPSA) is 211 Å². The summed E-state index contributed by atoms with van der Waals surface area (Å²) in [7, 11) is 0. The van der Waals surface area contributed by atoms with Gasteiger partial charge in [0.25, 0.3) is 0 Å². The number of nitrogens with one attached hydrogen (secondary N) is 4. The van der Waals surface area contributed by atoms with Crippen molar-refractivity contribution in [2.24, 2.45) is 0 Å². The summed E-state index contributed by atoms with van der Waals surface area (Å²) in [4.78, 5) is 69.8. The second kappa shape index (κ2) is 12.0. The van der Waals surface area contributed by atoms with E-state index in [4.69, 9.17) is 15.3 Å². The molecule has 0 aromatic carbocycles. The van der Waals surface area contributed by atoms with E-state index in [0.29, 0.717) is 13.0 Å². The van der Waals surface area contributed by atoms with Crippen LogP contribution in [0.5, 0.6) is 0 Å². The van der Waals surface area contributed by atoms with Crippen LogP contribution in [0.3, 0.4) is 0 Å². The number of hydrogen-bond acceptors (Lipinski definition) is 8. The second-order valence-corrected chi connectivity index (χ2v) is 6.91. The Labute approximate surface area is 176 Å². The molecule has 168 valence electrons. The molecule has 4 unspecified atom stereocenters. The number of amides is 3. The SMILES string of the molecule is O=C(O)CC(NC(=O)C(CC(=O)O)NC(=O)C(CS)NC(=O)C1CCCN1)C(=O)O. The highest BCUT2D eigenvalue weighted by Crippen LogP contribution is 2.06. The standard InChI is InChI=1S/C16H24N4O9S/c21-11(22)4-8(14(26)19-9(16(28)29)5-12(23)24)18-15(27)10(6-30)20-13(25)7-2-1-3-17-7/h7-10,17,30H,1-6H2,(H,18,27)(H,19,26)(H,20,25)(H,21,22)(H,23,24)(H,28,29). The van der Waals surface area contributed by atoms with Crippen LogP contribution in [0, 0.1) is 0 Å². The average Bonchev–Trinajstić information content (AvgIpc) is 3.18. The van der Waals surface area contributed by atoms with Crippen LogP contribution in [0.2, 0.25) is 0 Å². The molecule has 7 N–H and O–H groups in total. The molecular formula is C16H24N4O9S. The average molecular weight is 448 g/mol. The van der Waals surface area contributed by atoms with E-state index in [1.165, 1.54) is 0 Å². The first kappa shape index (κ1) is 25.2. The summed E-state index contributed by atoms with van der Waals surface area (Å²) < 4.78 is 0. The largest absolute Gasteiger partial charge is 0.481 e. The fourth-order valence-corrected chi connectivity index (χ4v) is 2.94. The number of aliphatic carboxylic acids is 3. The maximum Gasteiger partial charge on any atom is 0.326 e. The first-order valence-corrected chi connectivity index (χ1v) is 9.60. The Bertz CT molecular complexity index is 696. The number of carboxylic acids is 3. The second-order valence-electron chi connectivity index (χ2n) is 6.55. The number of rotatable bonds is 12. The molecule has 0 aromatic heterocycles. The normalized spacial score (nSPS) is 18.5. The van der Waals surface area contributed by atoms with Gasteiger partial charge < -0.3 is 36.6 Å². The molecule has 1 aliphatic rings. The van der Waals surface area contributed by atoms with Gasteiger partial charge in [0, 0.05) is 5.75 Å². The van der Waals surface area contributed by atoms with Gasteiger partial charge in [-0.3, -0.25) is 24.0 Å². The lowest BCUT2D eigenvalue weighted by Gasteiger charge is -2.23. The molecule has 13 nitrogen and oxygen atoms in total. The van der Waals surface area contributed by atoms with Gasteiger partial charge in [-0.1, -0.05) is 0 Å². The molecule has 1 aliphatic heterocycles. The molecule has 0 saturated carbocycles. The van der Waals surface area contributed by atoms with Gasteiger partial charge in [-0.15, -0.1) is 0 Å². The van der Waals surface area contributed by atoms with Gasteiger partial charge in [-0.05, 0) is 19.4 Å². The van der Waals surface area contributed by atoms with Crippen molar-refractivity contribution in [3.63, 3.8) is 0 Å². The molecule has 0 radical (unpaired) electrons. The number of carbonyl (C=O) groups excluding carboxylic acids is 3. The van der Waals surface area contributed by atoms with Crippen molar-refractivity contribution in [3.05, 3.63) is 0 Å². The summed E-state index contributed by atoms with van der Waals surface area (Å²) >= 11 is 3.98. The van der Waals surface area contributed by atoms with Crippen LogP contribution in [0.1, 0.15) is 25.7 Å². The maximum absolute atomic E-state index is 12.4. The maximum atomic E-state index is 12.4. The lowest BCUT2D eigenvalue weighted by atomic mass is 10.1. The zero-order valence-electron chi connectivity index (χ0n) is 15.8. The molecule has 3 amide bonds. The van der Waals surface area contributed by atoms with E-state index in [1.807, 2.05) is 5.32 Å². The minimum absolute atomic E-state index is 0.150. The minimum atomic E-state index is -1.82. The quantitative estimate of drug-likeness (QED) is 0.143. The predicted molar refractivity (Wildman–Crippen MR) is 103 cm³/mol. The van der Waals surface area contributed by atoms with E-state index in [-0.39, 0.29) is 5.75 Å². The molecule has 4 atom stereocenters. The molecule has 1 rings (SSSR count). The lowest BCUT2D eigenvalue weighted by molar-refractivity contribution is -0.148. The monoisotopic (exact) mass is 448 g/mol. The molecule has 0 spiro atoms. The summed E-state index contributed by atoms with van der Waals surface area (Å²) in [6, 6.07) is -5.18. The first-order valence-electron chi connectivity index (χ1n) is 8.96. The van der Waals surface area contributed by atoms with Crippen molar-refractivity contribution < 1.29 is 44.1 Å². The fourth-order valence-electron chi connectivity index (χ4n) is 2.68. The Hall–Kier alpha value is -2.87. The van der Waals surface area contributed by atoms with Gasteiger partial charge >= 0.3 is 17.9 Å². The van der Waals surface area contributed by atoms with Gasteiger partial charge in [0.05, 0.1) is 18.9 Å². The minimum Gasteiger partial charge on any atom is -0.481 e. The van der Waals surface area contributed by atoms with Gasteiger partial charge in [-0.2, -0.15) is 12.6 Å². The molecule has 1 saturated heterocycles. The van der Waals surface area contributed by atoms with Crippen LogP contribution < -0.4 is 21.3 Å². The summed E-state index contributed by atoms with van der Waals surface area (Å²) in [5, 5.41) is 36.1. The molecule has 1 heterocycles. The van der Waals surface area contributed by atoms with Crippen molar-refractivity contribution in [2.45, 2.75) is 49.9 Å². The zero-order valence-corrected chi connectivity index (χ0v) is 16.7. The molecule has 14 heteroatoms. The number of thiol groups is 1. The third kappa shape index (κ3) is 8.24. The van der Waals surface area contributed by atoms with Gasteiger partial charge in [0.15, 0.2) is 0 Å². The van der Waals surface area contributed by atoms with Crippen LogP contribution in [0.4, 0.5) is 0 Å². The summed E-state index contributed by atoms with van der Waals surface area (Å²) in [5.74, 6) is -7.31. The highest BCUT2D eigenvalue weighted by atomic mass is 32.1. The van der Waals surface area contributed by atoms with Gasteiger partial charge in [0.1, 0.15) is 18.1 Å². The number of carboxylic acid groups (broad SMARTS) is 3. The van der Waals surface area contributed by atoms with Crippen LogP contribution in [0.25, 0.3) is 0 Å².